The van der Waals surface area contributed by atoms with Crippen molar-refractivity contribution in [2.75, 3.05) is 20.3 Å². The van der Waals surface area contributed by atoms with Gasteiger partial charge in [-0.3, -0.25) is 9.59 Å². The molecule has 2 N–H and O–H groups in total. The second-order valence-corrected chi connectivity index (χ2v) is 7.75. The minimum atomic E-state index is -0.739. The largest absolute Gasteiger partial charge is 0.508 e. The molecule has 1 atom stereocenters. The smallest absolute Gasteiger partial charge is 0.295 e. The number of ether oxygens (including phenoxy) is 1. The number of hydrogen-bond acceptors (Lipinski definition) is 5. The fourth-order valence-corrected chi connectivity index (χ4v) is 3.69. The zero-order valence-electron chi connectivity index (χ0n) is 16.2. The number of halogens is 1. The van der Waals surface area contributed by atoms with E-state index in [1.165, 1.54) is 17.0 Å². The van der Waals surface area contributed by atoms with Crippen LogP contribution in [0.3, 0.4) is 0 Å². The summed E-state index contributed by atoms with van der Waals surface area (Å²) >= 11 is 3.42. The van der Waals surface area contributed by atoms with Crippen molar-refractivity contribution < 1.29 is 24.5 Å². The molecule has 1 unspecified atom stereocenters. The number of phenolic OH excluding ortho intramolecular Hbond substituents is 1. The van der Waals surface area contributed by atoms with Gasteiger partial charge in [-0.25, -0.2) is 0 Å². The van der Waals surface area contributed by atoms with Crippen molar-refractivity contribution in [3.63, 3.8) is 0 Å². The SMILES string of the molecule is COCCCN1C(=O)C(=O)/C(=C(\O)c2ccc(Br)c(C)c2)C1c1ccc(O)cc1. The van der Waals surface area contributed by atoms with Gasteiger partial charge >= 0.3 is 0 Å². The molecule has 0 aromatic heterocycles. The lowest BCUT2D eigenvalue weighted by Crippen LogP contribution is -2.31. The summed E-state index contributed by atoms with van der Waals surface area (Å²) in [6.45, 7) is 2.62. The summed E-state index contributed by atoms with van der Waals surface area (Å²) in [6, 6.07) is 10.8. The van der Waals surface area contributed by atoms with E-state index in [1.54, 1.807) is 37.4 Å². The van der Waals surface area contributed by atoms with E-state index in [-0.39, 0.29) is 17.1 Å². The predicted molar refractivity (Wildman–Crippen MR) is 112 cm³/mol. The molecule has 3 rings (SSSR count). The molecule has 1 fully saturated rings. The van der Waals surface area contributed by atoms with Crippen LogP contribution in [-0.4, -0.2) is 47.1 Å². The molecule has 2 aromatic carbocycles. The summed E-state index contributed by atoms with van der Waals surface area (Å²) < 4.78 is 5.95. The Balaban J connectivity index is 2.13. The Morgan fingerprint density at radius 3 is 2.48 bits per heavy atom. The Bertz CT molecular complexity index is 968. The average Bonchev–Trinajstić information content (AvgIpc) is 2.95. The molecule has 7 heteroatoms. The molecule has 1 saturated heterocycles. The van der Waals surface area contributed by atoms with Gasteiger partial charge in [-0.15, -0.1) is 0 Å². The molecule has 152 valence electrons. The number of rotatable bonds is 6. The molecular weight excluding hydrogens is 438 g/mol. The van der Waals surface area contributed by atoms with E-state index in [0.717, 1.165) is 10.0 Å². The fourth-order valence-electron chi connectivity index (χ4n) is 3.44. The lowest BCUT2D eigenvalue weighted by atomic mass is 9.95. The Kier molecular flexibility index (Phi) is 6.39. The molecule has 0 spiro atoms. The maximum Gasteiger partial charge on any atom is 0.295 e. The van der Waals surface area contributed by atoms with E-state index in [0.29, 0.717) is 30.7 Å². The van der Waals surface area contributed by atoms with E-state index in [2.05, 4.69) is 15.9 Å². The number of aliphatic hydroxyl groups is 1. The van der Waals surface area contributed by atoms with E-state index in [9.17, 15) is 19.8 Å². The molecule has 0 aliphatic carbocycles. The lowest BCUT2D eigenvalue weighted by molar-refractivity contribution is -0.140. The highest BCUT2D eigenvalue weighted by Gasteiger charge is 2.45. The Morgan fingerprint density at radius 1 is 1.17 bits per heavy atom. The minimum Gasteiger partial charge on any atom is -0.508 e. The third-order valence-electron chi connectivity index (χ3n) is 4.93. The molecule has 1 heterocycles. The fraction of sp³-hybridized carbons (Fsp3) is 0.273. The van der Waals surface area contributed by atoms with Gasteiger partial charge in [-0.1, -0.05) is 34.1 Å². The number of ketones is 1. The zero-order valence-corrected chi connectivity index (χ0v) is 17.8. The Hall–Kier alpha value is -2.64. The van der Waals surface area contributed by atoms with Gasteiger partial charge in [0.25, 0.3) is 11.7 Å². The quantitative estimate of drug-likeness (QED) is 0.295. The number of carbonyl (C=O) groups excluding carboxylic acids is 2. The molecule has 29 heavy (non-hydrogen) atoms. The maximum absolute atomic E-state index is 12.9. The first kappa shape index (κ1) is 21.1. The van der Waals surface area contributed by atoms with Crippen LogP contribution in [0.4, 0.5) is 0 Å². The molecule has 6 nitrogen and oxygen atoms in total. The van der Waals surface area contributed by atoms with Crippen LogP contribution in [-0.2, 0) is 14.3 Å². The van der Waals surface area contributed by atoms with Gasteiger partial charge < -0.3 is 19.8 Å². The Labute approximate surface area is 177 Å². The van der Waals surface area contributed by atoms with Crippen molar-refractivity contribution >= 4 is 33.4 Å². The van der Waals surface area contributed by atoms with Crippen LogP contribution in [0, 0.1) is 6.92 Å². The number of amides is 1. The molecule has 1 aliphatic rings. The third-order valence-corrected chi connectivity index (χ3v) is 5.82. The molecule has 0 saturated carbocycles. The standard InChI is InChI=1S/C22H22BrNO5/c1-13-12-15(6-9-17(13)23)20(26)18-19(14-4-7-16(25)8-5-14)24(10-3-11-29-2)22(28)21(18)27/h4-9,12,19,25-26H,3,10-11H2,1-2H3/b20-18-. The monoisotopic (exact) mass is 459 g/mol. The second-order valence-electron chi connectivity index (χ2n) is 6.89. The van der Waals surface area contributed by atoms with Crippen molar-refractivity contribution in [1.29, 1.82) is 0 Å². The van der Waals surface area contributed by atoms with Gasteiger partial charge in [0.2, 0.25) is 0 Å². The summed E-state index contributed by atoms with van der Waals surface area (Å²) in [7, 11) is 1.57. The summed E-state index contributed by atoms with van der Waals surface area (Å²) in [4.78, 5) is 27.1. The Morgan fingerprint density at radius 2 is 1.86 bits per heavy atom. The third kappa shape index (κ3) is 4.21. The summed E-state index contributed by atoms with van der Waals surface area (Å²) in [5.41, 5.74) is 2.03. The minimum absolute atomic E-state index is 0.0415. The molecular formula is C22H22BrNO5. The highest BCUT2D eigenvalue weighted by atomic mass is 79.9. The number of aromatic hydroxyl groups is 1. The number of methoxy groups -OCH3 is 1. The van der Waals surface area contributed by atoms with Crippen LogP contribution >= 0.6 is 15.9 Å². The average molecular weight is 460 g/mol. The maximum atomic E-state index is 12.9. The van der Waals surface area contributed by atoms with Crippen molar-refractivity contribution in [3.8, 4) is 5.75 Å². The summed E-state index contributed by atoms with van der Waals surface area (Å²) in [5, 5.41) is 20.6. The lowest BCUT2D eigenvalue weighted by Gasteiger charge is -2.25. The van der Waals surface area contributed by atoms with Gasteiger partial charge in [0.1, 0.15) is 11.5 Å². The predicted octanol–water partition coefficient (Wildman–Crippen LogP) is 3.92. The highest BCUT2D eigenvalue weighted by Crippen LogP contribution is 2.40. The zero-order chi connectivity index (χ0) is 21.1. The molecule has 1 amide bonds. The number of aliphatic hydroxyl groups excluding tert-OH is 1. The number of nitrogens with zero attached hydrogens (tertiary/aromatic N) is 1. The van der Waals surface area contributed by atoms with E-state index in [1.807, 2.05) is 6.92 Å². The van der Waals surface area contributed by atoms with Gasteiger partial charge in [0.05, 0.1) is 11.6 Å². The van der Waals surface area contributed by atoms with E-state index >= 15 is 0 Å². The molecule has 1 aliphatic heterocycles. The topological polar surface area (TPSA) is 87.1 Å². The van der Waals surface area contributed by atoms with Crippen LogP contribution in [0.1, 0.15) is 29.2 Å². The molecule has 0 radical (unpaired) electrons. The highest BCUT2D eigenvalue weighted by molar-refractivity contribution is 9.10. The molecule has 0 bridgehead atoms. The first-order valence-corrected chi connectivity index (χ1v) is 9.97. The van der Waals surface area contributed by atoms with Crippen molar-refractivity contribution in [2.45, 2.75) is 19.4 Å². The first-order valence-electron chi connectivity index (χ1n) is 9.18. The first-order chi connectivity index (χ1) is 13.8. The number of aryl methyl sites for hydroxylation is 1. The van der Waals surface area contributed by atoms with Gasteiger partial charge in [0, 0.05) is 30.3 Å². The van der Waals surface area contributed by atoms with Gasteiger partial charge in [-0.05, 0) is 48.7 Å². The van der Waals surface area contributed by atoms with Crippen LogP contribution in [0.25, 0.3) is 5.76 Å². The summed E-state index contributed by atoms with van der Waals surface area (Å²) in [6.07, 6.45) is 0.551. The number of hydrogen-bond donors (Lipinski definition) is 2. The van der Waals surface area contributed by atoms with Crippen LogP contribution in [0.15, 0.2) is 52.5 Å². The van der Waals surface area contributed by atoms with Crippen LogP contribution in [0.5, 0.6) is 5.75 Å². The summed E-state index contributed by atoms with van der Waals surface area (Å²) in [5.74, 6) is -1.52. The van der Waals surface area contributed by atoms with Gasteiger partial charge in [0.15, 0.2) is 0 Å². The number of phenols is 1. The van der Waals surface area contributed by atoms with Crippen molar-refractivity contribution in [2.24, 2.45) is 0 Å². The van der Waals surface area contributed by atoms with Crippen molar-refractivity contribution in [3.05, 3.63) is 69.2 Å². The normalized spacial score (nSPS) is 18.4. The van der Waals surface area contributed by atoms with E-state index in [4.69, 9.17) is 4.74 Å². The number of Topliss-reactive ketones (excluding diaryl/α,β-unsaturated/α-hetero) is 1. The van der Waals surface area contributed by atoms with Crippen LogP contribution < -0.4 is 0 Å². The second kappa shape index (κ2) is 8.80. The van der Waals surface area contributed by atoms with E-state index < -0.39 is 17.7 Å². The number of benzene rings is 2. The number of carbonyl (C=O) groups is 2. The van der Waals surface area contributed by atoms with Gasteiger partial charge in [-0.2, -0.15) is 0 Å². The van der Waals surface area contributed by atoms with Crippen LogP contribution in [0.2, 0.25) is 0 Å². The molecule has 2 aromatic rings. The van der Waals surface area contributed by atoms with Crippen molar-refractivity contribution in [1.82, 2.24) is 4.90 Å². The number of likely N-dealkylation sites (tertiary alicyclic amines) is 1.